The van der Waals surface area contributed by atoms with Gasteiger partial charge in [0.05, 0.1) is 13.2 Å². The number of hydrogen-bond donors (Lipinski definition) is 0. The predicted molar refractivity (Wildman–Crippen MR) is 49.5 cm³/mol. The summed E-state index contributed by atoms with van der Waals surface area (Å²) in [6, 6.07) is 0. The highest BCUT2D eigenvalue weighted by Crippen LogP contribution is 2.27. The number of nitrogens with zero attached hydrogens (tertiary/aromatic N) is 1. The molecule has 0 aromatic carbocycles. The molecule has 74 valence electrons. The number of morpholine rings is 1. The van der Waals surface area contributed by atoms with Crippen molar-refractivity contribution in [2.45, 2.75) is 18.4 Å². The van der Waals surface area contributed by atoms with Crippen LogP contribution in [0.1, 0.15) is 12.8 Å². The Bertz CT molecular complexity index is 160. The third-order valence-electron chi connectivity index (χ3n) is 3.00. The van der Waals surface area contributed by atoms with Gasteiger partial charge in [0.15, 0.2) is 0 Å². The average Bonchev–Trinajstić information content (AvgIpc) is 2.20. The van der Waals surface area contributed by atoms with Gasteiger partial charge >= 0.3 is 0 Å². The maximum atomic E-state index is 6.32. The first-order valence-electron chi connectivity index (χ1n) is 5.01. The lowest BCUT2D eigenvalue weighted by atomic mass is 9.90. The van der Waals surface area contributed by atoms with Crippen LogP contribution in [0.2, 0.25) is 0 Å². The third-order valence-corrected chi connectivity index (χ3v) is 3.00. The van der Waals surface area contributed by atoms with Crippen LogP contribution in [0, 0.1) is 6.92 Å². The summed E-state index contributed by atoms with van der Waals surface area (Å²) in [5.41, 5.74) is -0.123. The van der Waals surface area contributed by atoms with Gasteiger partial charge in [-0.2, -0.15) is 0 Å². The van der Waals surface area contributed by atoms with Gasteiger partial charge in [0.2, 0.25) is 0 Å². The quantitative estimate of drug-likeness (QED) is 0.593. The number of rotatable bonds is 1. The summed E-state index contributed by atoms with van der Waals surface area (Å²) in [5.74, 6) is 0. The van der Waals surface area contributed by atoms with Crippen LogP contribution in [0.15, 0.2) is 0 Å². The molecule has 2 heterocycles. The standard InChI is InChI=1S/C10H17NO2/c1-10(2-6-12-7-3-10)11-4-8-13-9-5-11/h1H,2-9H2. The second-order valence-electron chi connectivity index (χ2n) is 3.82. The van der Waals surface area contributed by atoms with Crippen molar-refractivity contribution in [1.29, 1.82) is 0 Å². The molecule has 0 amide bonds. The molecular formula is C10H17NO2. The van der Waals surface area contributed by atoms with E-state index >= 15 is 0 Å². The maximum Gasteiger partial charge on any atom is 0.0594 e. The molecular weight excluding hydrogens is 166 g/mol. The molecule has 2 aliphatic rings. The molecule has 2 rings (SSSR count). The minimum Gasteiger partial charge on any atom is -0.381 e. The van der Waals surface area contributed by atoms with E-state index in [9.17, 15) is 0 Å². The topological polar surface area (TPSA) is 21.7 Å². The fourth-order valence-corrected chi connectivity index (χ4v) is 2.05. The smallest absolute Gasteiger partial charge is 0.0594 e. The van der Waals surface area contributed by atoms with Gasteiger partial charge in [-0.3, -0.25) is 4.90 Å². The first-order valence-corrected chi connectivity index (χ1v) is 5.01. The van der Waals surface area contributed by atoms with Crippen LogP contribution >= 0.6 is 0 Å². The van der Waals surface area contributed by atoms with E-state index in [4.69, 9.17) is 16.4 Å². The summed E-state index contributed by atoms with van der Waals surface area (Å²) in [6.45, 7) is 11.5. The Kier molecular flexibility index (Phi) is 2.86. The zero-order valence-corrected chi connectivity index (χ0v) is 8.00. The van der Waals surface area contributed by atoms with Gasteiger partial charge in [0.25, 0.3) is 0 Å². The van der Waals surface area contributed by atoms with Crippen LogP contribution in [0.5, 0.6) is 0 Å². The molecule has 0 saturated carbocycles. The molecule has 2 aliphatic heterocycles. The van der Waals surface area contributed by atoms with E-state index in [1.807, 2.05) is 0 Å². The van der Waals surface area contributed by atoms with Crippen LogP contribution in [0.3, 0.4) is 0 Å². The Morgan fingerprint density at radius 3 is 2.08 bits per heavy atom. The highest BCUT2D eigenvalue weighted by Gasteiger charge is 2.34. The normalized spacial score (nSPS) is 30.2. The molecule has 13 heavy (non-hydrogen) atoms. The van der Waals surface area contributed by atoms with E-state index in [1.54, 1.807) is 0 Å². The Hall–Kier alpha value is -0.120. The van der Waals surface area contributed by atoms with Crippen LogP contribution in [-0.2, 0) is 9.47 Å². The van der Waals surface area contributed by atoms with Crippen LogP contribution in [-0.4, -0.2) is 50.0 Å². The third kappa shape index (κ3) is 2.03. The van der Waals surface area contributed by atoms with Crippen LogP contribution < -0.4 is 0 Å². The largest absolute Gasteiger partial charge is 0.381 e. The van der Waals surface area contributed by atoms with Gasteiger partial charge in [-0.1, -0.05) is 0 Å². The van der Waals surface area contributed by atoms with Crippen molar-refractivity contribution >= 4 is 0 Å². The van der Waals surface area contributed by atoms with E-state index < -0.39 is 0 Å². The lowest BCUT2D eigenvalue weighted by molar-refractivity contribution is -0.0517. The average molecular weight is 183 g/mol. The van der Waals surface area contributed by atoms with Crippen molar-refractivity contribution < 1.29 is 9.47 Å². The van der Waals surface area contributed by atoms with Gasteiger partial charge in [-0.05, 0) is 19.8 Å². The Balaban J connectivity index is 1.94. The molecule has 3 nitrogen and oxygen atoms in total. The van der Waals surface area contributed by atoms with Crippen molar-refractivity contribution in [3.63, 3.8) is 0 Å². The molecule has 2 radical (unpaired) electrons. The summed E-state index contributed by atoms with van der Waals surface area (Å²) in [4.78, 5) is 2.35. The van der Waals surface area contributed by atoms with Crippen LogP contribution in [0.25, 0.3) is 0 Å². The lowest BCUT2D eigenvalue weighted by Crippen LogP contribution is -2.54. The highest BCUT2D eigenvalue weighted by molar-refractivity contribution is 4.95. The summed E-state index contributed by atoms with van der Waals surface area (Å²) in [7, 11) is 0. The first kappa shape index (κ1) is 9.44. The van der Waals surface area contributed by atoms with Crippen molar-refractivity contribution in [3.05, 3.63) is 6.92 Å². The van der Waals surface area contributed by atoms with Crippen molar-refractivity contribution in [1.82, 2.24) is 4.90 Å². The summed E-state index contributed by atoms with van der Waals surface area (Å²) >= 11 is 0. The molecule has 2 saturated heterocycles. The fourth-order valence-electron chi connectivity index (χ4n) is 2.05. The molecule has 3 heteroatoms. The minimum atomic E-state index is -0.123. The maximum absolute atomic E-state index is 6.32. The Morgan fingerprint density at radius 2 is 1.46 bits per heavy atom. The molecule has 0 spiro atoms. The molecule has 0 unspecified atom stereocenters. The van der Waals surface area contributed by atoms with E-state index in [0.29, 0.717) is 0 Å². The Labute approximate surface area is 80.0 Å². The molecule has 0 aromatic rings. The predicted octanol–water partition coefficient (Wildman–Crippen LogP) is 0.579. The first-order chi connectivity index (χ1) is 6.31. The number of hydrogen-bond acceptors (Lipinski definition) is 3. The molecule has 0 aromatic heterocycles. The summed E-state index contributed by atoms with van der Waals surface area (Å²) in [6.07, 6.45) is 1.90. The SMILES string of the molecule is [CH]C1(N2CCOCC2)CCOCC1. The second kappa shape index (κ2) is 3.95. The van der Waals surface area contributed by atoms with Gasteiger partial charge in [0, 0.05) is 31.8 Å². The number of ether oxygens (including phenoxy) is 2. The zero-order chi connectivity index (χ0) is 9.15. The fraction of sp³-hybridized carbons (Fsp3) is 0.900. The second-order valence-corrected chi connectivity index (χ2v) is 3.82. The minimum absolute atomic E-state index is 0.123. The zero-order valence-electron chi connectivity index (χ0n) is 8.00. The summed E-state index contributed by atoms with van der Waals surface area (Å²) in [5, 5.41) is 0. The molecule has 0 N–H and O–H groups in total. The van der Waals surface area contributed by atoms with E-state index in [0.717, 1.165) is 52.4 Å². The van der Waals surface area contributed by atoms with E-state index in [1.165, 1.54) is 0 Å². The lowest BCUT2D eigenvalue weighted by Gasteiger charge is -2.45. The highest BCUT2D eigenvalue weighted by atomic mass is 16.5. The summed E-state index contributed by atoms with van der Waals surface area (Å²) < 4.78 is 10.6. The van der Waals surface area contributed by atoms with Gasteiger partial charge in [0.1, 0.15) is 0 Å². The molecule has 0 bridgehead atoms. The molecule has 2 fully saturated rings. The van der Waals surface area contributed by atoms with E-state index in [-0.39, 0.29) is 5.54 Å². The molecule has 0 aliphatic carbocycles. The van der Waals surface area contributed by atoms with Gasteiger partial charge in [-0.15, -0.1) is 0 Å². The molecule has 0 atom stereocenters. The van der Waals surface area contributed by atoms with Crippen molar-refractivity contribution in [3.8, 4) is 0 Å². The Morgan fingerprint density at radius 1 is 0.923 bits per heavy atom. The van der Waals surface area contributed by atoms with Gasteiger partial charge < -0.3 is 9.47 Å². The van der Waals surface area contributed by atoms with Crippen molar-refractivity contribution in [2.24, 2.45) is 0 Å². The van der Waals surface area contributed by atoms with Gasteiger partial charge in [-0.25, -0.2) is 0 Å². The van der Waals surface area contributed by atoms with Crippen LogP contribution in [0.4, 0.5) is 0 Å². The van der Waals surface area contributed by atoms with E-state index in [2.05, 4.69) is 4.90 Å². The van der Waals surface area contributed by atoms with Crippen molar-refractivity contribution in [2.75, 3.05) is 39.5 Å². The monoisotopic (exact) mass is 183 g/mol.